The van der Waals surface area contributed by atoms with Gasteiger partial charge in [0.15, 0.2) is 0 Å². The Morgan fingerprint density at radius 1 is 0.744 bits per heavy atom. The molecule has 0 aliphatic heterocycles. The van der Waals surface area contributed by atoms with E-state index >= 15 is 0 Å². The standard InChI is InChI=1S/C26H51N5O8/c1-4-7-22(32)29-11-13-37-15-17-39-19-18-38-16-14-36-12-9-23(33)31-24(20(2)3)26(35)30-21(25(28)34)8-5-6-10-27/h20-21,24H,4-19,27H2,1-3H3,(H2,28,34)(H,29,32)(H,30,35)(H,31,33). The zero-order valence-corrected chi connectivity index (χ0v) is 24.0. The van der Waals surface area contributed by atoms with Gasteiger partial charge in [0.1, 0.15) is 12.1 Å². The van der Waals surface area contributed by atoms with Crippen LogP contribution >= 0.6 is 0 Å². The summed E-state index contributed by atoms with van der Waals surface area (Å²) in [6, 6.07) is -1.60. The molecule has 0 radical (unpaired) electrons. The lowest BCUT2D eigenvalue weighted by Gasteiger charge is -2.24. The van der Waals surface area contributed by atoms with Crippen molar-refractivity contribution < 1.29 is 38.1 Å². The van der Waals surface area contributed by atoms with Gasteiger partial charge in [-0.3, -0.25) is 19.2 Å². The van der Waals surface area contributed by atoms with Gasteiger partial charge in [0.25, 0.3) is 0 Å². The lowest BCUT2D eigenvalue weighted by molar-refractivity contribution is -0.132. The highest BCUT2D eigenvalue weighted by Crippen LogP contribution is 2.06. The van der Waals surface area contributed by atoms with E-state index in [0.717, 1.165) is 12.8 Å². The van der Waals surface area contributed by atoms with E-state index in [1.807, 2.05) is 6.92 Å². The lowest BCUT2D eigenvalue weighted by Crippen LogP contribution is -2.54. The number of ether oxygens (including phenoxy) is 4. The van der Waals surface area contributed by atoms with Crippen LogP contribution in [-0.2, 0) is 38.1 Å². The average Bonchev–Trinajstić information content (AvgIpc) is 2.88. The lowest BCUT2D eigenvalue weighted by atomic mass is 10.0. The molecule has 0 aromatic rings. The quantitative estimate of drug-likeness (QED) is 0.0874. The first kappa shape index (κ1) is 36.7. The van der Waals surface area contributed by atoms with Crippen LogP contribution in [0.2, 0.25) is 0 Å². The molecule has 0 spiro atoms. The maximum absolute atomic E-state index is 12.7. The second-order valence-corrected chi connectivity index (χ2v) is 9.34. The van der Waals surface area contributed by atoms with E-state index in [1.165, 1.54) is 0 Å². The fourth-order valence-electron chi connectivity index (χ4n) is 3.33. The zero-order chi connectivity index (χ0) is 29.3. The summed E-state index contributed by atoms with van der Waals surface area (Å²) in [5.74, 6) is -1.55. The summed E-state index contributed by atoms with van der Waals surface area (Å²) in [5.41, 5.74) is 10.9. The number of primary amides is 1. The Morgan fingerprint density at radius 2 is 1.31 bits per heavy atom. The van der Waals surface area contributed by atoms with E-state index < -0.39 is 23.9 Å². The highest BCUT2D eigenvalue weighted by molar-refractivity contribution is 5.91. The molecule has 2 unspecified atom stereocenters. The van der Waals surface area contributed by atoms with Crippen LogP contribution in [0.4, 0.5) is 0 Å². The van der Waals surface area contributed by atoms with Crippen molar-refractivity contribution >= 4 is 23.6 Å². The van der Waals surface area contributed by atoms with Gasteiger partial charge < -0.3 is 46.4 Å². The first-order chi connectivity index (χ1) is 18.7. The van der Waals surface area contributed by atoms with Gasteiger partial charge in [-0.05, 0) is 38.1 Å². The normalized spacial score (nSPS) is 12.6. The molecule has 2 atom stereocenters. The largest absolute Gasteiger partial charge is 0.379 e. The second-order valence-electron chi connectivity index (χ2n) is 9.34. The predicted molar refractivity (Wildman–Crippen MR) is 147 cm³/mol. The third-order valence-electron chi connectivity index (χ3n) is 5.51. The number of hydrogen-bond acceptors (Lipinski definition) is 9. The van der Waals surface area contributed by atoms with Crippen molar-refractivity contribution in [3.63, 3.8) is 0 Å². The molecule has 0 aliphatic rings. The Bertz CT molecular complexity index is 681. The molecular weight excluding hydrogens is 510 g/mol. The molecule has 0 saturated carbocycles. The number of carbonyl (C=O) groups is 4. The first-order valence-electron chi connectivity index (χ1n) is 13.9. The summed E-state index contributed by atoms with van der Waals surface area (Å²) in [6.07, 6.45) is 3.22. The van der Waals surface area contributed by atoms with Gasteiger partial charge in [-0.2, -0.15) is 0 Å². The van der Waals surface area contributed by atoms with Crippen LogP contribution in [0.25, 0.3) is 0 Å². The number of nitrogens with one attached hydrogen (secondary N) is 3. The highest BCUT2D eigenvalue weighted by Gasteiger charge is 2.27. The topological polar surface area (TPSA) is 193 Å². The molecule has 0 saturated heterocycles. The number of nitrogens with two attached hydrogens (primary N) is 2. The maximum atomic E-state index is 12.7. The highest BCUT2D eigenvalue weighted by atomic mass is 16.6. The number of hydrogen-bond donors (Lipinski definition) is 5. The summed E-state index contributed by atoms with van der Waals surface area (Å²) in [6.45, 7) is 9.54. The number of amides is 4. The molecule has 0 aliphatic carbocycles. The molecule has 228 valence electrons. The van der Waals surface area contributed by atoms with Crippen LogP contribution in [0.3, 0.4) is 0 Å². The number of carbonyl (C=O) groups excluding carboxylic acids is 4. The molecule has 13 heteroatoms. The molecule has 0 heterocycles. The van der Waals surface area contributed by atoms with Gasteiger partial charge in [0, 0.05) is 19.4 Å². The number of unbranched alkanes of at least 4 members (excludes halogenated alkanes) is 1. The van der Waals surface area contributed by atoms with Gasteiger partial charge in [-0.15, -0.1) is 0 Å². The SMILES string of the molecule is CCCC(=O)NCCOCCOCCOCCOCCC(=O)NC(C(=O)NC(CCCCN)C(N)=O)C(C)C. The predicted octanol–water partition coefficient (Wildman–Crippen LogP) is -0.401. The summed E-state index contributed by atoms with van der Waals surface area (Å²) >= 11 is 0. The molecule has 0 bridgehead atoms. The Balaban J connectivity index is 3.87. The van der Waals surface area contributed by atoms with Crippen LogP contribution in [0, 0.1) is 5.92 Å². The minimum atomic E-state index is -0.806. The minimum Gasteiger partial charge on any atom is -0.379 e. The summed E-state index contributed by atoms with van der Waals surface area (Å²) in [4.78, 5) is 48.0. The fraction of sp³-hybridized carbons (Fsp3) is 0.846. The van der Waals surface area contributed by atoms with Crippen LogP contribution < -0.4 is 27.4 Å². The van der Waals surface area contributed by atoms with Crippen molar-refractivity contribution in [2.45, 2.75) is 71.4 Å². The molecule has 0 fully saturated rings. The molecule has 0 rings (SSSR count). The molecule has 4 amide bonds. The average molecular weight is 562 g/mol. The van der Waals surface area contributed by atoms with Crippen molar-refractivity contribution in [1.82, 2.24) is 16.0 Å². The first-order valence-corrected chi connectivity index (χ1v) is 13.9. The third-order valence-corrected chi connectivity index (χ3v) is 5.51. The van der Waals surface area contributed by atoms with E-state index in [9.17, 15) is 19.2 Å². The fourth-order valence-corrected chi connectivity index (χ4v) is 3.33. The Morgan fingerprint density at radius 3 is 1.82 bits per heavy atom. The Labute approximate surface area is 232 Å². The van der Waals surface area contributed by atoms with Crippen LogP contribution in [0.1, 0.15) is 59.3 Å². The zero-order valence-electron chi connectivity index (χ0n) is 24.0. The van der Waals surface area contributed by atoms with Crippen LogP contribution in [-0.4, -0.2) is 102 Å². The van der Waals surface area contributed by atoms with E-state index in [0.29, 0.717) is 78.6 Å². The van der Waals surface area contributed by atoms with Crippen molar-refractivity contribution in [3.05, 3.63) is 0 Å². The van der Waals surface area contributed by atoms with Crippen molar-refractivity contribution in [2.75, 3.05) is 65.9 Å². The van der Waals surface area contributed by atoms with Gasteiger partial charge in [0.05, 0.1) is 52.9 Å². The van der Waals surface area contributed by atoms with Crippen LogP contribution in [0.15, 0.2) is 0 Å². The smallest absolute Gasteiger partial charge is 0.243 e. The van der Waals surface area contributed by atoms with Crippen LogP contribution in [0.5, 0.6) is 0 Å². The minimum absolute atomic E-state index is 0.0346. The van der Waals surface area contributed by atoms with Gasteiger partial charge in [-0.1, -0.05) is 20.8 Å². The van der Waals surface area contributed by atoms with Crippen molar-refractivity contribution in [3.8, 4) is 0 Å². The summed E-state index contributed by atoms with van der Waals surface area (Å²) in [5, 5.41) is 8.12. The molecule has 13 nitrogen and oxygen atoms in total. The Kier molecular flexibility index (Phi) is 23.2. The van der Waals surface area contributed by atoms with Crippen molar-refractivity contribution in [2.24, 2.45) is 17.4 Å². The molecule has 39 heavy (non-hydrogen) atoms. The monoisotopic (exact) mass is 561 g/mol. The molecule has 0 aromatic carbocycles. The summed E-state index contributed by atoms with van der Waals surface area (Å²) < 4.78 is 21.6. The van der Waals surface area contributed by atoms with Crippen molar-refractivity contribution in [1.29, 1.82) is 0 Å². The van der Waals surface area contributed by atoms with E-state index in [-0.39, 0.29) is 30.8 Å². The van der Waals surface area contributed by atoms with E-state index in [4.69, 9.17) is 30.4 Å². The van der Waals surface area contributed by atoms with Gasteiger partial charge in [0.2, 0.25) is 23.6 Å². The molecule has 7 N–H and O–H groups in total. The maximum Gasteiger partial charge on any atom is 0.243 e. The third kappa shape index (κ3) is 21.2. The summed E-state index contributed by atoms with van der Waals surface area (Å²) in [7, 11) is 0. The molecule has 0 aromatic heterocycles. The second kappa shape index (κ2) is 24.7. The van der Waals surface area contributed by atoms with E-state index in [2.05, 4.69) is 16.0 Å². The number of rotatable bonds is 26. The van der Waals surface area contributed by atoms with Gasteiger partial charge in [-0.25, -0.2) is 0 Å². The molecular formula is C26H51N5O8. The van der Waals surface area contributed by atoms with E-state index in [1.54, 1.807) is 13.8 Å². The Hall–Kier alpha value is -2.32. The van der Waals surface area contributed by atoms with Gasteiger partial charge >= 0.3 is 0 Å².